The zero-order chi connectivity index (χ0) is 13.9. The third-order valence-electron chi connectivity index (χ3n) is 3.18. The molecule has 4 heteroatoms. The molecule has 0 bridgehead atoms. The Morgan fingerprint density at radius 1 is 1.15 bits per heavy atom. The van der Waals surface area contributed by atoms with Crippen molar-refractivity contribution in [2.75, 3.05) is 0 Å². The maximum Gasteiger partial charge on any atom is 0.108 e. The van der Waals surface area contributed by atoms with E-state index in [9.17, 15) is 0 Å². The minimum Gasteiger partial charge on any atom is -0.306 e. The molecular weight excluding hydrogens is 332 g/mol. The highest BCUT2D eigenvalue weighted by Crippen LogP contribution is 2.21. The Morgan fingerprint density at radius 2 is 2.00 bits per heavy atom. The summed E-state index contributed by atoms with van der Waals surface area (Å²) in [6, 6.07) is 14.7. The van der Waals surface area contributed by atoms with Crippen LogP contribution in [0.5, 0.6) is 0 Å². The molecule has 0 amide bonds. The van der Waals surface area contributed by atoms with E-state index in [1.165, 1.54) is 15.8 Å². The molecule has 0 aliphatic carbocycles. The van der Waals surface area contributed by atoms with Crippen LogP contribution in [0.4, 0.5) is 0 Å². The summed E-state index contributed by atoms with van der Waals surface area (Å²) in [6.45, 7) is 3.77. The summed E-state index contributed by atoms with van der Waals surface area (Å²) in [5.74, 6) is 0. The Kier molecular flexibility index (Phi) is 4.15. The molecule has 3 aromatic rings. The van der Waals surface area contributed by atoms with Crippen molar-refractivity contribution in [3.8, 4) is 0 Å². The topological polar surface area (TPSA) is 24.9 Å². The van der Waals surface area contributed by atoms with Crippen LogP contribution < -0.4 is 5.32 Å². The SMILES string of the molecule is Cc1ccc(CNCc2nc3ccccc3s2)cc1Br. The van der Waals surface area contributed by atoms with E-state index in [1.54, 1.807) is 11.3 Å². The van der Waals surface area contributed by atoms with Crippen LogP contribution in [0.25, 0.3) is 10.2 Å². The van der Waals surface area contributed by atoms with Gasteiger partial charge >= 0.3 is 0 Å². The van der Waals surface area contributed by atoms with Gasteiger partial charge in [-0.25, -0.2) is 4.98 Å². The predicted molar refractivity (Wildman–Crippen MR) is 89.0 cm³/mol. The number of thiazole rings is 1. The summed E-state index contributed by atoms with van der Waals surface area (Å²) < 4.78 is 2.42. The third kappa shape index (κ3) is 3.08. The van der Waals surface area contributed by atoms with E-state index in [-0.39, 0.29) is 0 Å². The second-order valence-electron chi connectivity index (χ2n) is 4.76. The van der Waals surface area contributed by atoms with Crippen LogP contribution in [0.3, 0.4) is 0 Å². The lowest BCUT2D eigenvalue weighted by molar-refractivity contribution is 0.690. The molecule has 20 heavy (non-hydrogen) atoms. The first-order valence-electron chi connectivity index (χ1n) is 6.52. The number of rotatable bonds is 4. The van der Waals surface area contributed by atoms with E-state index in [0.717, 1.165) is 28.1 Å². The summed E-state index contributed by atoms with van der Waals surface area (Å²) in [7, 11) is 0. The van der Waals surface area contributed by atoms with Crippen LogP contribution in [0.2, 0.25) is 0 Å². The minimum absolute atomic E-state index is 0.810. The molecule has 0 aliphatic heterocycles. The van der Waals surface area contributed by atoms with Crippen molar-refractivity contribution in [1.82, 2.24) is 10.3 Å². The van der Waals surface area contributed by atoms with E-state index in [1.807, 2.05) is 6.07 Å². The molecular formula is C16H15BrN2S. The van der Waals surface area contributed by atoms with E-state index in [2.05, 4.69) is 69.6 Å². The van der Waals surface area contributed by atoms with Crippen molar-refractivity contribution in [3.05, 3.63) is 63.1 Å². The molecule has 2 nitrogen and oxygen atoms in total. The standard InChI is InChI=1S/C16H15BrN2S/c1-11-6-7-12(8-13(11)17)9-18-10-16-19-14-4-2-3-5-15(14)20-16/h2-8,18H,9-10H2,1H3. The minimum atomic E-state index is 0.810. The van der Waals surface area contributed by atoms with Gasteiger partial charge in [0.1, 0.15) is 5.01 Å². The van der Waals surface area contributed by atoms with Crippen LogP contribution in [0, 0.1) is 6.92 Å². The fraction of sp³-hybridized carbons (Fsp3) is 0.188. The number of hydrogen-bond donors (Lipinski definition) is 1. The first-order chi connectivity index (χ1) is 9.72. The van der Waals surface area contributed by atoms with Crippen LogP contribution in [-0.4, -0.2) is 4.98 Å². The third-order valence-corrected chi connectivity index (χ3v) is 5.07. The average Bonchev–Trinajstić information content (AvgIpc) is 2.85. The Hall–Kier alpha value is -1.23. The molecule has 1 N–H and O–H groups in total. The van der Waals surface area contributed by atoms with E-state index >= 15 is 0 Å². The highest BCUT2D eigenvalue weighted by atomic mass is 79.9. The number of fused-ring (bicyclic) bond motifs is 1. The molecule has 0 saturated heterocycles. The van der Waals surface area contributed by atoms with Gasteiger partial charge in [-0.15, -0.1) is 11.3 Å². The highest BCUT2D eigenvalue weighted by Gasteiger charge is 2.03. The molecule has 0 saturated carbocycles. The fourth-order valence-corrected chi connectivity index (χ4v) is 3.42. The van der Waals surface area contributed by atoms with Gasteiger partial charge < -0.3 is 5.32 Å². The van der Waals surface area contributed by atoms with Crippen molar-refractivity contribution >= 4 is 37.5 Å². The largest absolute Gasteiger partial charge is 0.306 e. The molecule has 0 unspecified atom stereocenters. The zero-order valence-electron chi connectivity index (χ0n) is 11.2. The molecule has 0 spiro atoms. The van der Waals surface area contributed by atoms with E-state index < -0.39 is 0 Å². The van der Waals surface area contributed by atoms with Gasteiger partial charge in [0.2, 0.25) is 0 Å². The summed E-state index contributed by atoms with van der Waals surface area (Å²) in [5, 5.41) is 4.59. The Morgan fingerprint density at radius 3 is 2.80 bits per heavy atom. The van der Waals surface area contributed by atoms with Gasteiger partial charge in [-0.3, -0.25) is 0 Å². The number of benzene rings is 2. The van der Waals surface area contributed by atoms with Crippen LogP contribution in [0.1, 0.15) is 16.1 Å². The fourth-order valence-electron chi connectivity index (χ4n) is 2.06. The van der Waals surface area contributed by atoms with Gasteiger partial charge in [0, 0.05) is 17.6 Å². The normalized spacial score (nSPS) is 11.1. The summed E-state index contributed by atoms with van der Waals surface area (Å²) >= 11 is 5.32. The number of aryl methyl sites for hydroxylation is 1. The number of nitrogens with one attached hydrogen (secondary N) is 1. The monoisotopic (exact) mass is 346 g/mol. The first kappa shape index (κ1) is 13.7. The van der Waals surface area contributed by atoms with Crippen molar-refractivity contribution in [3.63, 3.8) is 0 Å². The van der Waals surface area contributed by atoms with Gasteiger partial charge in [0.15, 0.2) is 0 Å². The second kappa shape index (κ2) is 6.04. The van der Waals surface area contributed by atoms with E-state index in [4.69, 9.17) is 0 Å². The van der Waals surface area contributed by atoms with Gasteiger partial charge in [-0.05, 0) is 36.2 Å². The van der Waals surface area contributed by atoms with Gasteiger partial charge in [0.05, 0.1) is 10.2 Å². The van der Waals surface area contributed by atoms with Crippen molar-refractivity contribution in [1.29, 1.82) is 0 Å². The maximum absolute atomic E-state index is 4.62. The molecule has 0 atom stereocenters. The lowest BCUT2D eigenvalue weighted by Crippen LogP contribution is -2.12. The molecule has 2 aromatic carbocycles. The van der Waals surface area contributed by atoms with Crippen LogP contribution >= 0.6 is 27.3 Å². The average molecular weight is 347 g/mol. The molecule has 1 heterocycles. The quantitative estimate of drug-likeness (QED) is 0.743. The zero-order valence-corrected chi connectivity index (χ0v) is 13.6. The first-order valence-corrected chi connectivity index (χ1v) is 8.13. The Balaban J connectivity index is 1.63. The lowest BCUT2D eigenvalue weighted by Gasteiger charge is -2.05. The smallest absolute Gasteiger partial charge is 0.108 e. The lowest BCUT2D eigenvalue weighted by atomic mass is 10.1. The molecule has 0 radical (unpaired) electrons. The molecule has 0 aliphatic rings. The van der Waals surface area contributed by atoms with Crippen molar-refractivity contribution in [2.24, 2.45) is 0 Å². The number of aromatic nitrogens is 1. The van der Waals surface area contributed by atoms with Crippen LogP contribution in [-0.2, 0) is 13.1 Å². The maximum atomic E-state index is 4.62. The summed E-state index contributed by atoms with van der Waals surface area (Å²) in [4.78, 5) is 4.62. The number of nitrogens with zero attached hydrogens (tertiary/aromatic N) is 1. The molecule has 3 rings (SSSR count). The Labute approximate surface area is 131 Å². The van der Waals surface area contributed by atoms with Gasteiger partial charge in [-0.1, -0.05) is 40.2 Å². The van der Waals surface area contributed by atoms with Crippen molar-refractivity contribution < 1.29 is 0 Å². The van der Waals surface area contributed by atoms with Crippen molar-refractivity contribution in [2.45, 2.75) is 20.0 Å². The number of para-hydroxylation sites is 1. The molecule has 1 aromatic heterocycles. The number of halogens is 1. The van der Waals surface area contributed by atoms with Crippen LogP contribution in [0.15, 0.2) is 46.9 Å². The summed E-state index contributed by atoms with van der Waals surface area (Å²) in [6.07, 6.45) is 0. The molecule has 102 valence electrons. The number of hydrogen-bond acceptors (Lipinski definition) is 3. The summed E-state index contributed by atoms with van der Waals surface area (Å²) in [5.41, 5.74) is 3.64. The van der Waals surface area contributed by atoms with Gasteiger partial charge in [0.25, 0.3) is 0 Å². The molecule has 0 fully saturated rings. The second-order valence-corrected chi connectivity index (χ2v) is 6.73. The van der Waals surface area contributed by atoms with E-state index in [0.29, 0.717) is 0 Å². The predicted octanol–water partition coefficient (Wildman–Crippen LogP) is 4.66. The Bertz CT molecular complexity index is 703. The highest BCUT2D eigenvalue weighted by molar-refractivity contribution is 9.10. The van der Waals surface area contributed by atoms with Gasteiger partial charge in [-0.2, -0.15) is 0 Å².